The molecule has 0 spiro atoms. The Bertz CT molecular complexity index is 784. The summed E-state index contributed by atoms with van der Waals surface area (Å²) in [5, 5.41) is 10.6. The molecule has 2 rings (SSSR count). The van der Waals surface area contributed by atoms with E-state index in [1.54, 1.807) is 6.92 Å². The van der Waals surface area contributed by atoms with Crippen molar-refractivity contribution in [2.75, 3.05) is 5.73 Å². The second-order valence-corrected chi connectivity index (χ2v) is 4.85. The molecular formula is C17H14N2O3. The summed E-state index contributed by atoms with van der Waals surface area (Å²) in [7, 11) is 0. The molecule has 0 aromatic heterocycles. The summed E-state index contributed by atoms with van der Waals surface area (Å²) in [4.78, 5) is 21.2. The van der Waals surface area contributed by atoms with E-state index in [0.29, 0.717) is 12.0 Å². The van der Waals surface area contributed by atoms with Crippen LogP contribution in [0.5, 0.6) is 0 Å². The number of nitro benzene ring substituents is 1. The van der Waals surface area contributed by atoms with Gasteiger partial charge in [0.05, 0.1) is 10.6 Å². The number of non-ortho nitro benzene ring substituents is 1. The number of hydrogen-bond acceptors (Lipinski definition) is 4. The van der Waals surface area contributed by atoms with E-state index in [0.717, 1.165) is 11.1 Å². The van der Waals surface area contributed by atoms with Crippen LogP contribution in [-0.4, -0.2) is 10.7 Å². The minimum Gasteiger partial charge on any atom is -0.398 e. The normalized spacial score (nSPS) is 9.68. The summed E-state index contributed by atoms with van der Waals surface area (Å²) < 4.78 is 0. The number of anilines is 1. The molecule has 0 unspecified atom stereocenters. The fourth-order valence-corrected chi connectivity index (χ4v) is 1.91. The first-order valence-corrected chi connectivity index (χ1v) is 6.60. The monoisotopic (exact) mass is 294 g/mol. The number of benzene rings is 2. The van der Waals surface area contributed by atoms with Gasteiger partial charge < -0.3 is 5.73 Å². The highest BCUT2D eigenvalue weighted by molar-refractivity contribution is 5.78. The van der Waals surface area contributed by atoms with E-state index in [9.17, 15) is 14.9 Å². The molecule has 0 heterocycles. The fourth-order valence-electron chi connectivity index (χ4n) is 1.91. The van der Waals surface area contributed by atoms with E-state index >= 15 is 0 Å². The second-order valence-electron chi connectivity index (χ2n) is 4.85. The van der Waals surface area contributed by atoms with E-state index in [1.165, 1.54) is 18.2 Å². The van der Waals surface area contributed by atoms with E-state index < -0.39 is 4.92 Å². The predicted molar refractivity (Wildman–Crippen MR) is 84.3 cm³/mol. The molecule has 0 amide bonds. The van der Waals surface area contributed by atoms with Crippen LogP contribution in [0.3, 0.4) is 0 Å². The number of nitrogen functional groups attached to an aromatic ring is 1. The van der Waals surface area contributed by atoms with Gasteiger partial charge in [0.15, 0.2) is 0 Å². The summed E-state index contributed by atoms with van der Waals surface area (Å²) >= 11 is 0. The first kappa shape index (κ1) is 15.3. The summed E-state index contributed by atoms with van der Waals surface area (Å²) in [5.41, 5.74) is 8.23. The average Bonchev–Trinajstić information content (AvgIpc) is 2.46. The van der Waals surface area contributed by atoms with Gasteiger partial charge in [0.1, 0.15) is 5.78 Å². The zero-order valence-electron chi connectivity index (χ0n) is 12.0. The third kappa shape index (κ3) is 3.93. The number of rotatable bonds is 3. The van der Waals surface area contributed by atoms with Crippen LogP contribution in [0.15, 0.2) is 42.5 Å². The number of ketones is 1. The zero-order chi connectivity index (χ0) is 16.1. The maximum Gasteiger partial charge on any atom is 0.271 e. The predicted octanol–water partition coefficient (Wildman–Crippen LogP) is 2.71. The molecule has 2 N–H and O–H groups in total. The van der Waals surface area contributed by atoms with Crippen LogP contribution in [0, 0.1) is 22.0 Å². The number of carbonyl (C=O) groups excluding carboxylic acids is 1. The summed E-state index contributed by atoms with van der Waals surface area (Å²) in [6.07, 6.45) is 0.406. The lowest BCUT2D eigenvalue weighted by Gasteiger charge is -1.99. The van der Waals surface area contributed by atoms with Crippen LogP contribution in [-0.2, 0) is 11.2 Å². The van der Waals surface area contributed by atoms with Crippen LogP contribution >= 0.6 is 0 Å². The molecule has 0 atom stereocenters. The van der Waals surface area contributed by atoms with Crippen LogP contribution in [0.4, 0.5) is 11.4 Å². The lowest BCUT2D eigenvalue weighted by molar-refractivity contribution is -0.384. The Kier molecular flexibility index (Phi) is 4.54. The minimum atomic E-state index is -0.499. The zero-order valence-corrected chi connectivity index (χ0v) is 12.0. The molecule has 0 aliphatic heterocycles. The van der Waals surface area contributed by atoms with Gasteiger partial charge in [0.25, 0.3) is 5.69 Å². The molecule has 110 valence electrons. The Hall–Kier alpha value is -3.13. The van der Waals surface area contributed by atoms with Crippen LogP contribution in [0.2, 0.25) is 0 Å². The van der Waals surface area contributed by atoms with Gasteiger partial charge in [-0.3, -0.25) is 14.9 Å². The third-order valence-electron chi connectivity index (χ3n) is 2.99. The quantitative estimate of drug-likeness (QED) is 0.408. The molecule has 5 nitrogen and oxygen atoms in total. The van der Waals surface area contributed by atoms with Crippen molar-refractivity contribution >= 4 is 17.2 Å². The smallest absolute Gasteiger partial charge is 0.271 e. The molecule has 0 saturated carbocycles. The maximum absolute atomic E-state index is 11.0. The summed E-state index contributed by atoms with van der Waals surface area (Å²) in [6, 6.07) is 11.6. The molecule has 0 aliphatic rings. The Balaban J connectivity index is 2.19. The molecule has 2 aromatic rings. The van der Waals surface area contributed by atoms with E-state index in [-0.39, 0.29) is 17.2 Å². The third-order valence-corrected chi connectivity index (χ3v) is 2.99. The van der Waals surface area contributed by atoms with Gasteiger partial charge in [-0.2, -0.15) is 0 Å². The van der Waals surface area contributed by atoms with Gasteiger partial charge in [0.2, 0.25) is 0 Å². The summed E-state index contributed by atoms with van der Waals surface area (Å²) in [5.74, 6) is 5.95. The second kappa shape index (κ2) is 6.55. The molecule has 0 saturated heterocycles. The van der Waals surface area contributed by atoms with Crippen molar-refractivity contribution in [1.29, 1.82) is 0 Å². The van der Waals surface area contributed by atoms with Gasteiger partial charge in [-0.1, -0.05) is 24.0 Å². The molecule has 22 heavy (non-hydrogen) atoms. The van der Waals surface area contributed by atoms with Crippen molar-refractivity contribution in [2.24, 2.45) is 0 Å². The van der Waals surface area contributed by atoms with Crippen molar-refractivity contribution < 1.29 is 9.72 Å². The number of nitro groups is 1. The van der Waals surface area contributed by atoms with Gasteiger partial charge in [-0.05, 0) is 30.7 Å². The minimum absolute atomic E-state index is 0.0587. The number of carbonyl (C=O) groups is 1. The average molecular weight is 294 g/mol. The van der Waals surface area contributed by atoms with Gasteiger partial charge >= 0.3 is 0 Å². The lowest BCUT2D eigenvalue weighted by Crippen LogP contribution is -1.95. The van der Waals surface area contributed by atoms with Crippen molar-refractivity contribution in [3.63, 3.8) is 0 Å². The molecule has 0 aliphatic carbocycles. The number of nitrogens with zero attached hydrogens (tertiary/aromatic N) is 1. The first-order chi connectivity index (χ1) is 10.5. The lowest BCUT2D eigenvalue weighted by atomic mass is 10.1. The standard InChI is InChI=1S/C17H14N2O3/c1-12(20)10-14-4-2-13(3-5-14)6-7-15-8-9-16(19(21)22)11-17(15)18/h2-5,8-9,11H,10,18H2,1H3. The Labute approximate surface area is 127 Å². The fraction of sp³-hybridized carbons (Fsp3) is 0.118. The molecule has 0 radical (unpaired) electrons. The summed E-state index contributed by atoms with van der Waals surface area (Å²) in [6.45, 7) is 1.55. The highest BCUT2D eigenvalue weighted by Crippen LogP contribution is 2.19. The van der Waals surface area contributed by atoms with Crippen molar-refractivity contribution in [3.05, 3.63) is 69.3 Å². The SMILES string of the molecule is CC(=O)Cc1ccc(C#Cc2ccc([N+](=O)[O-])cc2N)cc1. The largest absolute Gasteiger partial charge is 0.398 e. The maximum atomic E-state index is 11.0. The molecular weight excluding hydrogens is 280 g/mol. The van der Waals surface area contributed by atoms with Crippen LogP contribution in [0.25, 0.3) is 0 Å². The molecule has 5 heteroatoms. The Morgan fingerprint density at radius 3 is 2.41 bits per heavy atom. The van der Waals surface area contributed by atoms with E-state index in [4.69, 9.17) is 5.73 Å². The van der Waals surface area contributed by atoms with Crippen molar-refractivity contribution in [3.8, 4) is 11.8 Å². The molecule has 2 aromatic carbocycles. The van der Waals surface area contributed by atoms with Gasteiger partial charge in [-0.15, -0.1) is 0 Å². The van der Waals surface area contributed by atoms with Gasteiger partial charge in [0, 0.05) is 29.7 Å². The number of Topliss-reactive ketones (excluding diaryl/α,β-unsaturated/α-hetero) is 1. The van der Waals surface area contributed by atoms with Crippen molar-refractivity contribution in [1.82, 2.24) is 0 Å². The Morgan fingerprint density at radius 1 is 1.18 bits per heavy atom. The molecule has 0 bridgehead atoms. The highest BCUT2D eigenvalue weighted by Gasteiger charge is 2.07. The number of hydrogen-bond donors (Lipinski definition) is 1. The van der Waals surface area contributed by atoms with Crippen LogP contribution in [0.1, 0.15) is 23.6 Å². The van der Waals surface area contributed by atoms with Gasteiger partial charge in [-0.25, -0.2) is 0 Å². The highest BCUT2D eigenvalue weighted by atomic mass is 16.6. The topological polar surface area (TPSA) is 86.2 Å². The van der Waals surface area contributed by atoms with Crippen molar-refractivity contribution in [2.45, 2.75) is 13.3 Å². The number of nitrogens with two attached hydrogens (primary N) is 1. The van der Waals surface area contributed by atoms with Crippen LogP contribution < -0.4 is 5.73 Å². The van der Waals surface area contributed by atoms with E-state index in [2.05, 4.69) is 11.8 Å². The first-order valence-electron chi connectivity index (χ1n) is 6.60. The molecule has 0 fully saturated rings. The van der Waals surface area contributed by atoms with E-state index in [1.807, 2.05) is 24.3 Å². The Morgan fingerprint density at radius 2 is 1.86 bits per heavy atom.